The molecular weight excluding hydrogens is 905 g/mol. The average Bonchev–Trinajstić information content (AvgIpc) is 3.89. The number of carbonyl (C=O) groups excluding carboxylic acids is 7. The molecule has 7 amide bonds. The fourth-order valence-corrected chi connectivity index (χ4v) is 6.99. The van der Waals surface area contributed by atoms with Crippen LogP contribution in [0.4, 0.5) is 22.9 Å². The largest absolute Gasteiger partial charge is 0.494 e. The highest BCUT2D eigenvalue weighted by Gasteiger charge is 2.45. The van der Waals surface area contributed by atoms with E-state index in [-0.39, 0.29) is 74.0 Å². The van der Waals surface area contributed by atoms with Crippen LogP contribution in [0.3, 0.4) is 0 Å². The molecule has 6 rings (SSSR count). The van der Waals surface area contributed by atoms with Gasteiger partial charge in [0.25, 0.3) is 17.7 Å². The Kier molecular flexibility index (Phi) is 18.9. The molecule has 2 aliphatic rings. The molecule has 2 aromatic carbocycles. The summed E-state index contributed by atoms with van der Waals surface area (Å²) in [6.45, 7) is 2.97. The summed E-state index contributed by atoms with van der Waals surface area (Å²) < 4.78 is 34.8. The van der Waals surface area contributed by atoms with Gasteiger partial charge in [-0.1, -0.05) is 12.1 Å². The van der Waals surface area contributed by atoms with Gasteiger partial charge in [0.05, 0.1) is 108 Å². The van der Waals surface area contributed by atoms with Crippen molar-refractivity contribution in [1.29, 1.82) is 0 Å². The summed E-state index contributed by atoms with van der Waals surface area (Å²) in [5, 5.41) is 28.4. The maximum absolute atomic E-state index is 13.2. The number of anilines is 4. The molecule has 0 saturated carbocycles. The third kappa shape index (κ3) is 14.0. The van der Waals surface area contributed by atoms with E-state index in [4.69, 9.17) is 28.4 Å². The van der Waals surface area contributed by atoms with Gasteiger partial charge < -0.3 is 55.0 Å². The van der Waals surface area contributed by atoms with Crippen molar-refractivity contribution >= 4 is 64.2 Å². The standard InChI is InChI=1S/C44H54N12O13/c1-45-42(61)38-31(49-30-9-5-7-28(39(30)64-3)40-48-26-55(2)54-40)24-33(52-53-38)50-36(59)25-47-34(57)12-14-65-16-18-67-20-22-69-23-21-68-19-17-66-15-13-46-29-8-4-6-27-37(29)44(63)56(43(27)62)32-10-11-35(58)51-41(32)60/h4-9,24,26,32,46H,10-23,25H2,1-3H3,(H,45,61)(H,47,57)(H,51,58,60)(H2,49,50,52,59). The van der Waals surface area contributed by atoms with E-state index in [2.05, 4.69) is 52.2 Å². The van der Waals surface area contributed by atoms with Gasteiger partial charge in [0.2, 0.25) is 23.6 Å². The Morgan fingerprint density at radius 1 is 0.783 bits per heavy atom. The Bertz CT molecular complexity index is 2480. The third-order valence-electron chi connectivity index (χ3n) is 10.3. The SMILES string of the molecule is CNC(=O)c1nnc(NC(=O)CNC(=O)CCOCCOCCOCCOCCOCCNc2cccc3c2C(=O)N(C2CCC(=O)NC2=O)C3=O)cc1Nc1cccc(-c2ncn(C)n2)c1OC. The first-order valence-electron chi connectivity index (χ1n) is 21.9. The Labute approximate surface area is 395 Å². The van der Waals surface area contributed by atoms with Crippen LogP contribution in [-0.2, 0) is 49.9 Å². The predicted molar refractivity (Wildman–Crippen MR) is 244 cm³/mol. The monoisotopic (exact) mass is 958 g/mol. The molecule has 4 heterocycles. The first kappa shape index (κ1) is 51.0. The summed E-state index contributed by atoms with van der Waals surface area (Å²) in [6.07, 6.45) is 1.69. The lowest BCUT2D eigenvalue weighted by atomic mass is 10.0. The fraction of sp³-hybridized carbons (Fsp3) is 0.432. The minimum Gasteiger partial charge on any atom is -0.494 e. The molecule has 1 saturated heterocycles. The number of nitrogens with one attached hydrogen (secondary N) is 6. The molecule has 0 radical (unpaired) electrons. The van der Waals surface area contributed by atoms with E-state index in [1.165, 1.54) is 26.3 Å². The zero-order valence-electron chi connectivity index (χ0n) is 38.3. The number of amides is 7. The maximum atomic E-state index is 13.2. The van der Waals surface area contributed by atoms with Crippen LogP contribution in [0.2, 0.25) is 0 Å². The molecule has 368 valence electrons. The van der Waals surface area contributed by atoms with E-state index in [1.54, 1.807) is 48.4 Å². The summed E-state index contributed by atoms with van der Waals surface area (Å²) in [6, 6.07) is 10.5. The minimum atomic E-state index is -1.04. The van der Waals surface area contributed by atoms with Crippen LogP contribution in [0.5, 0.6) is 5.75 Å². The number of hydrogen-bond donors (Lipinski definition) is 6. The van der Waals surface area contributed by atoms with Gasteiger partial charge in [0.15, 0.2) is 23.1 Å². The molecule has 6 N–H and O–H groups in total. The Morgan fingerprint density at radius 2 is 1.43 bits per heavy atom. The number of rotatable bonds is 28. The van der Waals surface area contributed by atoms with E-state index in [0.29, 0.717) is 81.3 Å². The second-order valence-electron chi connectivity index (χ2n) is 15.1. The van der Waals surface area contributed by atoms with Crippen molar-refractivity contribution in [1.82, 2.24) is 45.8 Å². The van der Waals surface area contributed by atoms with Crippen molar-refractivity contribution in [2.45, 2.75) is 25.3 Å². The van der Waals surface area contributed by atoms with Crippen LogP contribution < -0.4 is 36.6 Å². The van der Waals surface area contributed by atoms with Crippen LogP contribution in [0.15, 0.2) is 48.8 Å². The number of carbonyl (C=O) groups is 7. The molecule has 1 atom stereocenters. The van der Waals surface area contributed by atoms with Crippen LogP contribution in [-0.4, -0.2) is 171 Å². The van der Waals surface area contributed by atoms with Crippen LogP contribution in [0.1, 0.15) is 50.5 Å². The number of aryl methyl sites for hydroxylation is 1. The lowest BCUT2D eigenvalue weighted by Gasteiger charge is -2.27. The van der Waals surface area contributed by atoms with E-state index < -0.39 is 47.4 Å². The quantitative estimate of drug-likeness (QED) is 0.0332. The fourth-order valence-electron chi connectivity index (χ4n) is 6.99. The molecule has 1 unspecified atom stereocenters. The lowest BCUT2D eigenvalue weighted by Crippen LogP contribution is -2.54. The zero-order valence-corrected chi connectivity index (χ0v) is 38.3. The molecule has 69 heavy (non-hydrogen) atoms. The van der Waals surface area contributed by atoms with Gasteiger partial charge in [-0.05, 0) is 30.7 Å². The molecule has 25 nitrogen and oxygen atoms in total. The number of fused-ring (bicyclic) bond motifs is 1. The van der Waals surface area contributed by atoms with Gasteiger partial charge in [0, 0.05) is 45.2 Å². The summed E-state index contributed by atoms with van der Waals surface area (Å²) in [4.78, 5) is 93.0. The normalized spacial score (nSPS) is 14.3. The molecule has 0 spiro atoms. The highest BCUT2D eigenvalue weighted by molar-refractivity contribution is 6.25. The number of nitrogens with zero attached hydrogens (tertiary/aromatic N) is 6. The van der Waals surface area contributed by atoms with Crippen molar-refractivity contribution in [2.75, 3.05) is 109 Å². The molecule has 2 aliphatic heterocycles. The second-order valence-corrected chi connectivity index (χ2v) is 15.1. The van der Waals surface area contributed by atoms with Gasteiger partial charge in [-0.3, -0.25) is 48.5 Å². The Balaban J connectivity index is 0.763. The summed E-state index contributed by atoms with van der Waals surface area (Å²) >= 11 is 0. The number of benzene rings is 2. The first-order chi connectivity index (χ1) is 33.5. The highest BCUT2D eigenvalue weighted by atomic mass is 16.6. The smallest absolute Gasteiger partial charge is 0.273 e. The second kappa shape index (κ2) is 25.6. The molecule has 25 heteroatoms. The van der Waals surface area contributed by atoms with Crippen LogP contribution in [0, 0.1) is 0 Å². The molecular formula is C44H54N12O13. The highest BCUT2D eigenvalue weighted by Crippen LogP contribution is 2.37. The van der Waals surface area contributed by atoms with Crippen molar-refractivity contribution in [3.05, 3.63) is 65.6 Å². The third-order valence-corrected chi connectivity index (χ3v) is 10.3. The number of ether oxygens (including phenoxy) is 6. The number of methoxy groups -OCH3 is 1. The molecule has 0 bridgehead atoms. The van der Waals surface area contributed by atoms with E-state index >= 15 is 0 Å². The molecule has 0 aliphatic carbocycles. The number of imide groups is 2. The number of piperidine rings is 1. The molecule has 2 aromatic heterocycles. The average molecular weight is 959 g/mol. The topological polar surface area (TPSA) is 307 Å². The van der Waals surface area contributed by atoms with Gasteiger partial charge in [0.1, 0.15) is 12.4 Å². The van der Waals surface area contributed by atoms with Crippen molar-refractivity contribution < 1.29 is 62.0 Å². The van der Waals surface area contributed by atoms with Crippen molar-refractivity contribution in [2.24, 2.45) is 7.05 Å². The minimum absolute atomic E-state index is 0.0111. The van der Waals surface area contributed by atoms with Crippen molar-refractivity contribution in [3.8, 4) is 17.1 Å². The van der Waals surface area contributed by atoms with Gasteiger partial charge in [-0.2, -0.15) is 5.10 Å². The molecule has 4 aromatic rings. The number of hydrogen-bond acceptors (Lipinski definition) is 19. The van der Waals surface area contributed by atoms with Crippen LogP contribution >= 0.6 is 0 Å². The summed E-state index contributed by atoms with van der Waals surface area (Å²) in [7, 11) is 4.68. The van der Waals surface area contributed by atoms with Crippen molar-refractivity contribution in [3.63, 3.8) is 0 Å². The van der Waals surface area contributed by atoms with Gasteiger partial charge in [-0.25, -0.2) is 4.98 Å². The van der Waals surface area contributed by atoms with Gasteiger partial charge in [-0.15, -0.1) is 10.2 Å². The predicted octanol–water partition coefficient (Wildman–Crippen LogP) is 0.425. The summed E-state index contributed by atoms with van der Waals surface area (Å²) in [5.74, 6) is -2.90. The first-order valence-corrected chi connectivity index (χ1v) is 21.9. The number of para-hydroxylation sites is 1. The summed E-state index contributed by atoms with van der Waals surface area (Å²) in [5.41, 5.74) is 2.07. The van der Waals surface area contributed by atoms with E-state index in [1.807, 2.05) is 0 Å². The Hall–Kier alpha value is -7.45. The van der Waals surface area contributed by atoms with E-state index in [9.17, 15) is 33.6 Å². The van der Waals surface area contributed by atoms with Gasteiger partial charge >= 0.3 is 0 Å². The Morgan fingerprint density at radius 3 is 2.07 bits per heavy atom. The molecule has 1 fully saturated rings. The zero-order chi connectivity index (χ0) is 49.1. The lowest BCUT2D eigenvalue weighted by molar-refractivity contribution is -0.136. The number of aromatic nitrogens is 5. The van der Waals surface area contributed by atoms with Crippen LogP contribution in [0.25, 0.3) is 11.4 Å². The van der Waals surface area contributed by atoms with E-state index in [0.717, 1.165) is 4.90 Å². The maximum Gasteiger partial charge on any atom is 0.273 e.